The molecule has 1 aromatic carbocycles. The van der Waals surface area contributed by atoms with Gasteiger partial charge in [-0.2, -0.15) is 4.31 Å². The molecule has 7 nitrogen and oxygen atoms in total. The molecule has 1 unspecified atom stereocenters. The zero-order valence-corrected chi connectivity index (χ0v) is 14.7. The van der Waals surface area contributed by atoms with Crippen LogP contribution >= 0.6 is 11.3 Å². The summed E-state index contributed by atoms with van der Waals surface area (Å²) in [6.45, 7) is 0.394. The van der Waals surface area contributed by atoms with Gasteiger partial charge in [0.25, 0.3) is 5.91 Å². The second-order valence-electron chi connectivity index (χ2n) is 5.56. The fourth-order valence-electron chi connectivity index (χ4n) is 2.61. The SMILES string of the molecule is CS(=O)(=O)N1CCCC1c1nnc(C(=O)Nc2ccc(F)cc2F)s1. The first-order chi connectivity index (χ1) is 11.8. The number of benzene rings is 1. The number of halogens is 2. The van der Waals surface area contributed by atoms with Crippen LogP contribution in [0.5, 0.6) is 0 Å². The molecular formula is C14H14F2N4O3S2. The highest BCUT2D eigenvalue weighted by molar-refractivity contribution is 7.88. The zero-order chi connectivity index (χ0) is 18.2. The van der Waals surface area contributed by atoms with Crippen molar-refractivity contribution in [2.45, 2.75) is 18.9 Å². The molecule has 2 heterocycles. The lowest BCUT2D eigenvalue weighted by Crippen LogP contribution is -2.29. The quantitative estimate of drug-likeness (QED) is 0.867. The number of hydrogen-bond donors (Lipinski definition) is 1. The Morgan fingerprint density at radius 2 is 2.12 bits per heavy atom. The van der Waals surface area contributed by atoms with E-state index in [1.165, 1.54) is 4.31 Å². The summed E-state index contributed by atoms with van der Waals surface area (Å²) in [5.74, 6) is -2.36. The standard InChI is InChI=1S/C14H14F2N4O3S2/c1-25(22,23)20-6-2-3-11(20)13-18-19-14(24-13)12(21)17-10-5-4-8(15)7-9(10)16/h4-5,7,11H,2-3,6H2,1H3,(H,17,21). The number of hydrogen-bond acceptors (Lipinski definition) is 6. The summed E-state index contributed by atoms with van der Waals surface area (Å²) in [5, 5.41) is 10.3. The minimum absolute atomic E-state index is 0.0286. The number of anilines is 1. The van der Waals surface area contributed by atoms with Crippen molar-refractivity contribution in [1.29, 1.82) is 0 Å². The molecule has 1 atom stereocenters. The Kier molecular flexibility index (Phi) is 4.80. The van der Waals surface area contributed by atoms with Gasteiger partial charge in [0, 0.05) is 12.6 Å². The Labute approximate surface area is 146 Å². The van der Waals surface area contributed by atoms with Crippen LogP contribution in [0.3, 0.4) is 0 Å². The smallest absolute Gasteiger partial charge is 0.286 e. The average molecular weight is 388 g/mol. The third-order valence-corrected chi connectivity index (χ3v) is 6.04. The average Bonchev–Trinajstić information content (AvgIpc) is 3.17. The molecule has 0 aliphatic carbocycles. The Balaban J connectivity index is 1.78. The molecule has 0 saturated carbocycles. The third-order valence-electron chi connectivity index (χ3n) is 3.73. The van der Waals surface area contributed by atoms with E-state index in [2.05, 4.69) is 15.5 Å². The molecule has 0 radical (unpaired) electrons. The number of nitrogens with zero attached hydrogens (tertiary/aromatic N) is 3. The lowest BCUT2D eigenvalue weighted by molar-refractivity contribution is 0.102. The molecule has 25 heavy (non-hydrogen) atoms. The van der Waals surface area contributed by atoms with Gasteiger partial charge in [-0.25, -0.2) is 17.2 Å². The maximum absolute atomic E-state index is 13.6. The molecule has 1 aliphatic heterocycles. The maximum atomic E-state index is 13.6. The first-order valence-electron chi connectivity index (χ1n) is 7.32. The van der Waals surface area contributed by atoms with Crippen molar-refractivity contribution in [1.82, 2.24) is 14.5 Å². The van der Waals surface area contributed by atoms with E-state index in [4.69, 9.17) is 0 Å². The molecule has 1 amide bonds. The fourth-order valence-corrected chi connectivity index (χ4v) is 4.69. The van der Waals surface area contributed by atoms with Crippen LogP contribution in [0.1, 0.15) is 33.7 Å². The number of nitrogens with one attached hydrogen (secondary N) is 1. The van der Waals surface area contributed by atoms with E-state index < -0.39 is 33.6 Å². The second kappa shape index (κ2) is 6.73. The van der Waals surface area contributed by atoms with E-state index >= 15 is 0 Å². The van der Waals surface area contributed by atoms with Gasteiger partial charge < -0.3 is 5.32 Å². The van der Waals surface area contributed by atoms with Gasteiger partial charge in [0.2, 0.25) is 15.0 Å². The molecule has 0 spiro atoms. The van der Waals surface area contributed by atoms with Gasteiger partial charge in [-0.15, -0.1) is 10.2 Å². The predicted molar refractivity (Wildman–Crippen MR) is 87.7 cm³/mol. The van der Waals surface area contributed by atoms with Crippen molar-refractivity contribution in [3.8, 4) is 0 Å². The van der Waals surface area contributed by atoms with E-state index in [0.717, 1.165) is 29.7 Å². The van der Waals surface area contributed by atoms with Gasteiger partial charge in [-0.1, -0.05) is 11.3 Å². The molecular weight excluding hydrogens is 374 g/mol. The van der Waals surface area contributed by atoms with Gasteiger partial charge in [-0.05, 0) is 25.0 Å². The van der Waals surface area contributed by atoms with E-state index in [-0.39, 0.29) is 10.7 Å². The van der Waals surface area contributed by atoms with Crippen LogP contribution in [0.15, 0.2) is 18.2 Å². The largest absolute Gasteiger partial charge is 0.317 e. The molecule has 2 aromatic rings. The van der Waals surface area contributed by atoms with Crippen molar-refractivity contribution in [2.75, 3.05) is 18.1 Å². The molecule has 3 rings (SSSR count). The predicted octanol–water partition coefficient (Wildman–Crippen LogP) is 2.17. The first-order valence-corrected chi connectivity index (χ1v) is 9.99. The molecule has 1 saturated heterocycles. The Hall–Kier alpha value is -1.98. The van der Waals surface area contributed by atoms with Crippen molar-refractivity contribution in [2.24, 2.45) is 0 Å². The number of aromatic nitrogens is 2. The minimum atomic E-state index is -3.38. The highest BCUT2D eigenvalue weighted by atomic mass is 32.2. The maximum Gasteiger partial charge on any atom is 0.286 e. The molecule has 11 heteroatoms. The van der Waals surface area contributed by atoms with Crippen LogP contribution in [0.2, 0.25) is 0 Å². The van der Waals surface area contributed by atoms with Crippen LogP contribution in [0, 0.1) is 11.6 Å². The summed E-state index contributed by atoms with van der Waals surface area (Å²) < 4.78 is 51.4. The molecule has 1 aromatic heterocycles. The topological polar surface area (TPSA) is 92.3 Å². The zero-order valence-electron chi connectivity index (χ0n) is 13.1. The monoisotopic (exact) mass is 388 g/mol. The van der Waals surface area contributed by atoms with E-state index in [0.29, 0.717) is 30.5 Å². The normalized spacial score (nSPS) is 18.4. The van der Waals surface area contributed by atoms with Crippen LogP contribution in [0.4, 0.5) is 14.5 Å². The summed E-state index contributed by atoms with van der Waals surface area (Å²) in [7, 11) is -3.38. The molecule has 1 N–H and O–H groups in total. The van der Waals surface area contributed by atoms with Crippen LogP contribution in [-0.2, 0) is 10.0 Å². The van der Waals surface area contributed by atoms with E-state index in [9.17, 15) is 22.0 Å². The number of rotatable bonds is 4. The highest BCUT2D eigenvalue weighted by Gasteiger charge is 2.35. The highest BCUT2D eigenvalue weighted by Crippen LogP contribution is 2.35. The Bertz CT molecular complexity index is 917. The van der Waals surface area contributed by atoms with Gasteiger partial charge in [-0.3, -0.25) is 4.79 Å². The Morgan fingerprint density at radius 3 is 2.80 bits per heavy atom. The van der Waals surface area contributed by atoms with Gasteiger partial charge in [0.15, 0.2) is 0 Å². The Morgan fingerprint density at radius 1 is 1.36 bits per heavy atom. The van der Waals surface area contributed by atoms with Gasteiger partial charge in [0.05, 0.1) is 18.0 Å². The summed E-state index contributed by atoms with van der Waals surface area (Å²) >= 11 is 0.949. The minimum Gasteiger partial charge on any atom is -0.317 e. The summed E-state index contributed by atoms with van der Waals surface area (Å²) in [6.07, 6.45) is 2.41. The van der Waals surface area contributed by atoms with Crippen LogP contribution < -0.4 is 5.32 Å². The number of carbonyl (C=O) groups excluding carboxylic acids is 1. The van der Waals surface area contributed by atoms with Gasteiger partial charge >= 0.3 is 0 Å². The lowest BCUT2D eigenvalue weighted by atomic mass is 10.2. The lowest BCUT2D eigenvalue weighted by Gasteiger charge is -2.19. The number of sulfonamides is 1. The van der Waals surface area contributed by atoms with E-state index in [1.807, 2.05) is 0 Å². The molecule has 1 aliphatic rings. The van der Waals surface area contributed by atoms with Crippen LogP contribution in [-0.4, -0.2) is 41.6 Å². The number of carbonyl (C=O) groups is 1. The molecule has 0 bridgehead atoms. The van der Waals surface area contributed by atoms with Gasteiger partial charge in [0.1, 0.15) is 16.6 Å². The summed E-state index contributed by atoms with van der Waals surface area (Å²) in [4.78, 5) is 12.2. The second-order valence-corrected chi connectivity index (χ2v) is 8.50. The molecule has 134 valence electrons. The summed E-state index contributed by atoms with van der Waals surface area (Å²) in [5.41, 5.74) is -0.179. The van der Waals surface area contributed by atoms with Crippen LogP contribution in [0.25, 0.3) is 0 Å². The molecule has 1 fully saturated rings. The van der Waals surface area contributed by atoms with Crippen molar-refractivity contribution in [3.05, 3.63) is 39.8 Å². The summed E-state index contributed by atoms with van der Waals surface area (Å²) in [6, 6.07) is 2.33. The number of amides is 1. The van der Waals surface area contributed by atoms with Crippen molar-refractivity contribution in [3.63, 3.8) is 0 Å². The van der Waals surface area contributed by atoms with Crippen molar-refractivity contribution < 1.29 is 22.0 Å². The van der Waals surface area contributed by atoms with E-state index in [1.54, 1.807) is 0 Å². The third kappa shape index (κ3) is 3.83. The first kappa shape index (κ1) is 17.8. The van der Waals surface area contributed by atoms with Crippen molar-refractivity contribution >= 4 is 33.0 Å². The fraction of sp³-hybridized carbons (Fsp3) is 0.357.